The normalized spacial score (nSPS) is 12.7. The molecule has 1 aliphatic rings. The van der Waals surface area contributed by atoms with E-state index in [-0.39, 0.29) is 0 Å². The maximum atomic E-state index is 5.06. The molecule has 0 saturated carbocycles. The van der Waals surface area contributed by atoms with E-state index >= 15 is 0 Å². The zero-order valence-electron chi connectivity index (χ0n) is 30.5. The van der Waals surface area contributed by atoms with Crippen molar-refractivity contribution in [3.8, 4) is 56.4 Å². The van der Waals surface area contributed by atoms with Crippen LogP contribution in [0.1, 0.15) is 22.3 Å². The summed E-state index contributed by atoms with van der Waals surface area (Å²) >= 11 is 1.86. The molecule has 10 rings (SSSR count). The molecule has 264 valence electrons. The van der Waals surface area contributed by atoms with Crippen LogP contribution in [0.5, 0.6) is 0 Å². The van der Waals surface area contributed by atoms with Gasteiger partial charge < -0.3 is 0 Å². The summed E-state index contributed by atoms with van der Waals surface area (Å²) < 4.78 is 0. The number of nitrogens with zero attached hydrogens (tertiary/aromatic N) is 3. The second-order valence-corrected chi connectivity index (χ2v) is 15.0. The van der Waals surface area contributed by atoms with Crippen LogP contribution < -0.4 is 0 Å². The first-order chi connectivity index (χ1) is 27.8. The fraction of sp³-hybridized carbons (Fsp3) is 0.0192. The molecular formula is C52H35N3S. The average Bonchev–Trinajstić information content (AvgIpc) is 3.29. The molecule has 3 nitrogen and oxygen atoms in total. The second-order valence-electron chi connectivity index (χ2n) is 14.0. The highest BCUT2D eigenvalue weighted by molar-refractivity contribution is 7.99. The number of fused-ring (bicyclic) bond motifs is 2. The zero-order valence-corrected chi connectivity index (χ0v) is 31.3. The van der Waals surface area contributed by atoms with Crippen LogP contribution in [0, 0.1) is 0 Å². The molecule has 56 heavy (non-hydrogen) atoms. The van der Waals surface area contributed by atoms with Gasteiger partial charge in [-0.2, -0.15) is 0 Å². The first kappa shape index (κ1) is 33.7. The quantitative estimate of drug-likeness (QED) is 0.163. The van der Waals surface area contributed by atoms with Crippen LogP contribution in [0.3, 0.4) is 0 Å². The Bertz CT molecular complexity index is 2750. The lowest BCUT2D eigenvalue weighted by Gasteiger charge is -2.42. The van der Waals surface area contributed by atoms with Gasteiger partial charge in [0.2, 0.25) is 0 Å². The highest BCUT2D eigenvalue weighted by Crippen LogP contribution is 2.57. The van der Waals surface area contributed by atoms with Crippen LogP contribution in [-0.4, -0.2) is 15.0 Å². The van der Waals surface area contributed by atoms with E-state index in [0.29, 0.717) is 17.5 Å². The molecule has 0 amide bonds. The molecule has 4 heteroatoms. The van der Waals surface area contributed by atoms with E-state index in [2.05, 4.69) is 176 Å². The SMILES string of the molecule is c1ccc(-c2ccc(-c3nc(-c4ccccc4)nc(-c4ccc(-c5cccc6c5Sc5ccccc5C6(c5ccccc5)c5ccccc5)cc4)n3)cc2)cc1. The summed E-state index contributed by atoms with van der Waals surface area (Å²) in [7, 11) is 0. The largest absolute Gasteiger partial charge is 0.208 e. The van der Waals surface area contributed by atoms with E-state index in [0.717, 1.165) is 27.8 Å². The molecule has 0 atom stereocenters. The lowest BCUT2D eigenvalue weighted by atomic mass is 9.64. The summed E-state index contributed by atoms with van der Waals surface area (Å²) in [5.41, 5.74) is 12.1. The standard InChI is InChI=1S/C52H35N3S/c1-5-16-36(17-6-1)37-28-32-40(33-29-37)50-53-49(39-18-7-2-8-19-39)54-51(55-50)41-34-30-38(31-35-41)44-24-15-26-46-48(44)56-47-27-14-13-25-45(47)52(46,42-20-9-3-10-21-42)43-22-11-4-12-23-43/h1-35H. The molecule has 9 aromatic rings. The molecule has 0 N–H and O–H groups in total. The summed E-state index contributed by atoms with van der Waals surface area (Å²) in [6, 6.07) is 75.3. The Morgan fingerprint density at radius 3 is 1.25 bits per heavy atom. The van der Waals surface area contributed by atoms with E-state index in [1.807, 2.05) is 48.2 Å². The molecular weight excluding hydrogens is 699 g/mol. The molecule has 0 radical (unpaired) electrons. The summed E-state index contributed by atoms with van der Waals surface area (Å²) in [4.78, 5) is 17.6. The third-order valence-corrected chi connectivity index (χ3v) is 11.9. The minimum atomic E-state index is -0.482. The minimum absolute atomic E-state index is 0.482. The monoisotopic (exact) mass is 733 g/mol. The van der Waals surface area contributed by atoms with Crippen molar-refractivity contribution in [1.29, 1.82) is 0 Å². The third-order valence-electron chi connectivity index (χ3n) is 10.7. The van der Waals surface area contributed by atoms with Gasteiger partial charge in [-0.15, -0.1) is 0 Å². The first-order valence-corrected chi connectivity index (χ1v) is 19.7. The summed E-state index contributed by atoms with van der Waals surface area (Å²) in [6.07, 6.45) is 0. The van der Waals surface area contributed by atoms with E-state index in [1.54, 1.807) is 0 Å². The Hall–Kier alpha value is -6.88. The second kappa shape index (κ2) is 14.4. The minimum Gasteiger partial charge on any atom is -0.208 e. The van der Waals surface area contributed by atoms with Gasteiger partial charge in [0.05, 0.1) is 5.41 Å². The summed E-state index contributed by atoms with van der Waals surface area (Å²) in [5, 5.41) is 0. The van der Waals surface area contributed by atoms with E-state index in [9.17, 15) is 0 Å². The Balaban J connectivity index is 1.08. The summed E-state index contributed by atoms with van der Waals surface area (Å²) in [6.45, 7) is 0. The van der Waals surface area contributed by atoms with Gasteiger partial charge in [0.15, 0.2) is 17.5 Å². The molecule has 1 aliphatic heterocycles. The highest BCUT2D eigenvalue weighted by Gasteiger charge is 2.44. The van der Waals surface area contributed by atoms with Crippen molar-refractivity contribution in [2.24, 2.45) is 0 Å². The smallest absolute Gasteiger partial charge is 0.164 e. The van der Waals surface area contributed by atoms with E-state index in [4.69, 9.17) is 15.0 Å². The molecule has 0 spiro atoms. The maximum absolute atomic E-state index is 5.06. The van der Waals surface area contributed by atoms with E-state index < -0.39 is 5.41 Å². The Labute approximate surface area is 331 Å². The number of benzene rings is 8. The van der Waals surface area contributed by atoms with Crippen LogP contribution in [0.25, 0.3) is 56.4 Å². The van der Waals surface area contributed by atoms with Gasteiger partial charge in [0.25, 0.3) is 0 Å². The van der Waals surface area contributed by atoms with Gasteiger partial charge in [-0.1, -0.05) is 218 Å². The fourth-order valence-electron chi connectivity index (χ4n) is 8.05. The lowest BCUT2D eigenvalue weighted by Crippen LogP contribution is -2.34. The average molecular weight is 734 g/mol. The molecule has 0 bridgehead atoms. The van der Waals surface area contributed by atoms with Crippen molar-refractivity contribution in [3.63, 3.8) is 0 Å². The van der Waals surface area contributed by atoms with E-state index in [1.165, 1.54) is 43.2 Å². The van der Waals surface area contributed by atoms with Crippen LogP contribution in [0.15, 0.2) is 222 Å². The van der Waals surface area contributed by atoms with Gasteiger partial charge in [0, 0.05) is 26.5 Å². The van der Waals surface area contributed by atoms with Gasteiger partial charge in [-0.05, 0) is 50.6 Å². The predicted molar refractivity (Wildman–Crippen MR) is 229 cm³/mol. The summed E-state index contributed by atoms with van der Waals surface area (Å²) in [5.74, 6) is 1.92. The van der Waals surface area contributed by atoms with Crippen molar-refractivity contribution < 1.29 is 0 Å². The molecule has 0 saturated heterocycles. The Morgan fingerprint density at radius 2 is 0.696 bits per heavy atom. The van der Waals surface area contributed by atoms with Gasteiger partial charge in [-0.25, -0.2) is 15.0 Å². The van der Waals surface area contributed by atoms with Crippen molar-refractivity contribution in [1.82, 2.24) is 15.0 Å². The molecule has 0 fully saturated rings. The van der Waals surface area contributed by atoms with Gasteiger partial charge in [-0.3, -0.25) is 0 Å². The zero-order chi connectivity index (χ0) is 37.3. The van der Waals surface area contributed by atoms with Gasteiger partial charge >= 0.3 is 0 Å². The van der Waals surface area contributed by atoms with Crippen molar-refractivity contribution in [2.75, 3.05) is 0 Å². The molecule has 0 aliphatic carbocycles. The van der Waals surface area contributed by atoms with Gasteiger partial charge in [0.1, 0.15) is 0 Å². The van der Waals surface area contributed by atoms with Crippen LogP contribution >= 0.6 is 11.8 Å². The number of aromatic nitrogens is 3. The third kappa shape index (κ3) is 5.92. The van der Waals surface area contributed by atoms with Crippen molar-refractivity contribution in [3.05, 3.63) is 235 Å². The molecule has 1 aromatic heterocycles. The van der Waals surface area contributed by atoms with Crippen LogP contribution in [-0.2, 0) is 5.41 Å². The molecule has 8 aromatic carbocycles. The highest BCUT2D eigenvalue weighted by atomic mass is 32.2. The topological polar surface area (TPSA) is 38.7 Å². The predicted octanol–water partition coefficient (Wildman–Crippen LogP) is 13.1. The number of hydrogen-bond acceptors (Lipinski definition) is 4. The van der Waals surface area contributed by atoms with Crippen LogP contribution in [0.2, 0.25) is 0 Å². The van der Waals surface area contributed by atoms with Crippen LogP contribution in [0.4, 0.5) is 0 Å². The fourth-order valence-corrected chi connectivity index (χ4v) is 9.37. The number of hydrogen-bond donors (Lipinski definition) is 0. The maximum Gasteiger partial charge on any atom is 0.164 e. The number of rotatable bonds is 7. The Morgan fingerprint density at radius 1 is 0.304 bits per heavy atom. The lowest BCUT2D eigenvalue weighted by molar-refractivity contribution is 0.703. The first-order valence-electron chi connectivity index (χ1n) is 18.9. The molecule has 2 heterocycles. The van der Waals surface area contributed by atoms with Crippen molar-refractivity contribution in [2.45, 2.75) is 15.2 Å². The Kier molecular flexibility index (Phi) is 8.66. The van der Waals surface area contributed by atoms with Crippen molar-refractivity contribution >= 4 is 11.8 Å². The molecule has 0 unspecified atom stereocenters.